The first kappa shape index (κ1) is 23.0. The number of carbonyl (C=O) groups excluding carboxylic acids is 4. The molecule has 0 spiro atoms. The Hall–Kier alpha value is -3.72. The van der Waals surface area contributed by atoms with E-state index in [2.05, 4.69) is 5.32 Å². The molecule has 1 N–H and O–H groups in total. The predicted molar refractivity (Wildman–Crippen MR) is 110 cm³/mol. The van der Waals surface area contributed by atoms with E-state index in [1.807, 2.05) is 0 Å². The lowest BCUT2D eigenvalue weighted by Gasteiger charge is -2.23. The highest BCUT2D eigenvalue weighted by molar-refractivity contribution is 5.91. The van der Waals surface area contributed by atoms with E-state index in [9.17, 15) is 19.2 Å². The minimum atomic E-state index is -1.44. The zero-order chi connectivity index (χ0) is 23.1. The number of rotatable bonds is 7. The van der Waals surface area contributed by atoms with Gasteiger partial charge < -0.3 is 24.3 Å². The summed E-state index contributed by atoms with van der Waals surface area (Å²) in [5.74, 6) is -2.83. The second kappa shape index (κ2) is 10.5. The predicted octanol–water partition coefficient (Wildman–Crippen LogP) is 1.86. The molecule has 1 amide bonds. The lowest BCUT2D eigenvalue weighted by atomic mass is 10.1. The maximum atomic E-state index is 12.7. The molecule has 0 aliphatic carbocycles. The van der Waals surface area contributed by atoms with E-state index in [4.69, 9.17) is 18.9 Å². The topological polar surface area (TPSA) is 117 Å². The van der Waals surface area contributed by atoms with Crippen molar-refractivity contribution >= 4 is 23.8 Å². The van der Waals surface area contributed by atoms with Gasteiger partial charge in [-0.05, 0) is 31.2 Å². The Morgan fingerprint density at radius 3 is 1.78 bits per heavy atom. The summed E-state index contributed by atoms with van der Waals surface area (Å²) in [5.41, 5.74) is 0.454. The van der Waals surface area contributed by atoms with Gasteiger partial charge in [0, 0.05) is 13.5 Å². The lowest BCUT2D eigenvalue weighted by Crippen LogP contribution is -2.46. The molecule has 0 radical (unpaired) electrons. The van der Waals surface area contributed by atoms with Crippen molar-refractivity contribution in [1.29, 1.82) is 0 Å². The fraction of sp³-hybridized carbons (Fsp3) is 0.304. The largest absolute Gasteiger partial charge is 0.451 e. The number of carbonyl (C=O) groups is 4. The zero-order valence-corrected chi connectivity index (χ0v) is 17.6. The van der Waals surface area contributed by atoms with Crippen molar-refractivity contribution in [2.24, 2.45) is 0 Å². The van der Waals surface area contributed by atoms with Crippen LogP contribution < -0.4 is 5.32 Å². The lowest BCUT2D eigenvalue weighted by molar-refractivity contribution is -0.187. The first-order chi connectivity index (χ1) is 15.4. The third-order valence-corrected chi connectivity index (χ3v) is 4.57. The van der Waals surface area contributed by atoms with E-state index < -0.39 is 48.4 Å². The van der Waals surface area contributed by atoms with E-state index in [0.29, 0.717) is 0 Å². The Bertz CT molecular complexity index is 962. The smallest absolute Gasteiger partial charge is 0.338 e. The number of esters is 3. The molecule has 1 heterocycles. The summed E-state index contributed by atoms with van der Waals surface area (Å²) in [6.07, 6.45) is -5.53. The van der Waals surface area contributed by atoms with Gasteiger partial charge in [0.1, 0.15) is 0 Å². The van der Waals surface area contributed by atoms with E-state index in [0.717, 1.165) is 6.92 Å². The standard InChI is InChI=1S/C23H23NO8/c1-3-24-20(26)18-17(30-21(27)15-10-6-4-7-11-15)19(23(32-18)29-14(2)25)31-22(28)16-12-8-5-9-13-16/h4-13,17-19,23H,3H2,1-2H3,(H,24,26)/t17-,18-,19+,23?/m0/s1. The number of nitrogens with one attached hydrogen (secondary N) is 1. The van der Waals surface area contributed by atoms with Crippen molar-refractivity contribution in [1.82, 2.24) is 5.32 Å². The van der Waals surface area contributed by atoms with E-state index >= 15 is 0 Å². The van der Waals surface area contributed by atoms with Crippen molar-refractivity contribution in [2.75, 3.05) is 6.54 Å². The first-order valence-corrected chi connectivity index (χ1v) is 10.0. The zero-order valence-electron chi connectivity index (χ0n) is 17.6. The molecule has 3 rings (SSSR count). The van der Waals surface area contributed by atoms with Gasteiger partial charge in [0.2, 0.25) is 12.4 Å². The maximum absolute atomic E-state index is 12.7. The van der Waals surface area contributed by atoms with Crippen LogP contribution in [0.2, 0.25) is 0 Å². The number of likely N-dealkylation sites (N-methyl/N-ethyl adjacent to an activating group) is 1. The molecular formula is C23H23NO8. The first-order valence-electron chi connectivity index (χ1n) is 10.0. The van der Waals surface area contributed by atoms with Crippen molar-refractivity contribution in [3.05, 3.63) is 71.8 Å². The fourth-order valence-electron chi connectivity index (χ4n) is 3.15. The van der Waals surface area contributed by atoms with E-state index in [-0.39, 0.29) is 17.7 Å². The van der Waals surface area contributed by atoms with Gasteiger partial charge in [-0.15, -0.1) is 0 Å². The van der Waals surface area contributed by atoms with Crippen LogP contribution in [0.3, 0.4) is 0 Å². The van der Waals surface area contributed by atoms with Crippen LogP contribution in [0.25, 0.3) is 0 Å². The summed E-state index contributed by atoms with van der Waals surface area (Å²) >= 11 is 0. The minimum absolute atomic E-state index is 0.226. The van der Waals surface area contributed by atoms with Crippen LogP contribution in [0, 0.1) is 0 Å². The summed E-state index contributed by atoms with van der Waals surface area (Å²) in [6, 6.07) is 16.2. The summed E-state index contributed by atoms with van der Waals surface area (Å²) < 4.78 is 21.8. The highest BCUT2D eigenvalue weighted by Crippen LogP contribution is 2.30. The normalized spacial score (nSPS) is 21.9. The molecule has 1 saturated heterocycles. The highest BCUT2D eigenvalue weighted by Gasteiger charge is 2.54. The van der Waals surface area contributed by atoms with E-state index in [1.165, 1.54) is 24.3 Å². The van der Waals surface area contributed by atoms with Crippen LogP contribution in [0.1, 0.15) is 34.6 Å². The van der Waals surface area contributed by atoms with Gasteiger partial charge in [-0.1, -0.05) is 36.4 Å². The van der Waals surface area contributed by atoms with Crippen LogP contribution in [0.5, 0.6) is 0 Å². The molecule has 32 heavy (non-hydrogen) atoms. The molecule has 0 aromatic heterocycles. The van der Waals surface area contributed by atoms with Crippen molar-refractivity contribution < 1.29 is 38.1 Å². The highest BCUT2D eigenvalue weighted by atomic mass is 16.7. The molecule has 2 aromatic rings. The minimum Gasteiger partial charge on any atom is -0.451 e. The van der Waals surface area contributed by atoms with Gasteiger partial charge in [0.05, 0.1) is 11.1 Å². The van der Waals surface area contributed by atoms with Gasteiger partial charge in [-0.2, -0.15) is 0 Å². The average Bonchev–Trinajstić information content (AvgIpc) is 3.11. The van der Waals surface area contributed by atoms with Gasteiger partial charge >= 0.3 is 17.9 Å². The van der Waals surface area contributed by atoms with Gasteiger partial charge in [-0.3, -0.25) is 9.59 Å². The fourth-order valence-corrected chi connectivity index (χ4v) is 3.15. The molecule has 0 bridgehead atoms. The number of hydrogen-bond donors (Lipinski definition) is 1. The number of benzene rings is 2. The second-order valence-corrected chi connectivity index (χ2v) is 6.90. The Morgan fingerprint density at radius 1 is 0.812 bits per heavy atom. The molecule has 9 nitrogen and oxygen atoms in total. The molecule has 168 valence electrons. The summed E-state index contributed by atoms with van der Waals surface area (Å²) in [5, 5.41) is 2.57. The van der Waals surface area contributed by atoms with Crippen LogP contribution in [-0.2, 0) is 28.5 Å². The van der Waals surface area contributed by atoms with Gasteiger partial charge in [0.25, 0.3) is 5.91 Å². The van der Waals surface area contributed by atoms with Crippen LogP contribution in [-0.4, -0.2) is 55.0 Å². The summed E-state index contributed by atoms with van der Waals surface area (Å²) in [6.45, 7) is 3.13. The Balaban J connectivity index is 1.91. The molecular weight excluding hydrogens is 418 g/mol. The van der Waals surface area contributed by atoms with Crippen LogP contribution in [0.4, 0.5) is 0 Å². The third-order valence-electron chi connectivity index (χ3n) is 4.57. The summed E-state index contributed by atoms with van der Waals surface area (Å²) in [4.78, 5) is 49.6. The van der Waals surface area contributed by atoms with Crippen molar-refractivity contribution in [2.45, 2.75) is 38.4 Å². The molecule has 2 aromatic carbocycles. The Morgan fingerprint density at radius 2 is 1.31 bits per heavy atom. The Labute approximate surface area is 184 Å². The van der Waals surface area contributed by atoms with E-state index in [1.54, 1.807) is 43.3 Å². The molecule has 9 heteroatoms. The molecule has 1 unspecified atom stereocenters. The van der Waals surface area contributed by atoms with Crippen LogP contribution in [0.15, 0.2) is 60.7 Å². The number of amides is 1. The average molecular weight is 441 g/mol. The molecule has 1 aliphatic rings. The quantitative estimate of drug-likeness (QED) is 0.511. The molecule has 1 fully saturated rings. The molecule has 0 saturated carbocycles. The van der Waals surface area contributed by atoms with Crippen LogP contribution >= 0.6 is 0 Å². The Kier molecular flexibility index (Phi) is 7.56. The van der Waals surface area contributed by atoms with Gasteiger partial charge in [-0.25, -0.2) is 9.59 Å². The second-order valence-electron chi connectivity index (χ2n) is 6.90. The van der Waals surface area contributed by atoms with Crippen molar-refractivity contribution in [3.8, 4) is 0 Å². The molecule has 1 aliphatic heterocycles. The third kappa shape index (κ3) is 5.50. The SMILES string of the molecule is CCNC(=O)[C@H]1OC(OC(C)=O)[C@H](OC(=O)c2ccccc2)[C@H]1OC(=O)c1ccccc1. The monoisotopic (exact) mass is 441 g/mol. The molecule has 4 atom stereocenters. The van der Waals surface area contributed by atoms with Crippen molar-refractivity contribution in [3.63, 3.8) is 0 Å². The number of hydrogen-bond acceptors (Lipinski definition) is 8. The number of ether oxygens (including phenoxy) is 4. The maximum Gasteiger partial charge on any atom is 0.338 e. The summed E-state index contributed by atoms with van der Waals surface area (Å²) in [7, 11) is 0. The van der Waals surface area contributed by atoms with Gasteiger partial charge in [0.15, 0.2) is 12.2 Å².